The molecule has 0 aliphatic heterocycles. The van der Waals surface area contributed by atoms with E-state index in [0.717, 1.165) is 36.8 Å². The van der Waals surface area contributed by atoms with Crippen LogP contribution < -0.4 is 0 Å². The molecule has 0 aromatic heterocycles. The minimum Gasteiger partial charge on any atom is -0.378 e. The van der Waals surface area contributed by atoms with E-state index in [2.05, 4.69) is 6.92 Å². The standard InChI is InChI=1S/C18H34Cl2OSi/c1-2-4-15-5-7-16(8-6-15)17-9-11-18(12-10-17)21-13-3-14-22(19)20/h15-18,22H,2-14H2,1H3. The highest BCUT2D eigenvalue weighted by atomic mass is 35.7. The second-order valence-corrected chi connectivity index (χ2v) is 12.7. The van der Waals surface area contributed by atoms with Gasteiger partial charge >= 0.3 is 0 Å². The van der Waals surface area contributed by atoms with Gasteiger partial charge in [-0.15, -0.1) is 0 Å². The first kappa shape index (κ1) is 19.1. The number of rotatable bonds is 8. The first-order chi connectivity index (χ1) is 10.7. The van der Waals surface area contributed by atoms with Gasteiger partial charge in [0.2, 0.25) is 7.42 Å². The van der Waals surface area contributed by atoms with E-state index in [9.17, 15) is 0 Å². The van der Waals surface area contributed by atoms with Crippen LogP contribution in [0.1, 0.15) is 77.6 Å². The molecule has 2 aliphatic carbocycles. The van der Waals surface area contributed by atoms with Crippen LogP contribution in [0, 0.1) is 17.8 Å². The molecule has 0 atom stereocenters. The summed E-state index contributed by atoms with van der Waals surface area (Å²) in [4.78, 5) is 0. The molecule has 0 unspecified atom stereocenters. The fourth-order valence-corrected chi connectivity index (χ4v) is 5.97. The summed E-state index contributed by atoms with van der Waals surface area (Å²) in [6.07, 6.45) is 15.7. The molecule has 130 valence electrons. The predicted molar refractivity (Wildman–Crippen MR) is 100 cm³/mol. The summed E-state index contributed by atoms with van der Waals surface area (Å²) in [5, 5.41) is 0. The molecule has 1 nitrogen and oxygen atoms in total. The van der Waals surface area contributed by atoms with Gasteiger partial charge < -0.3 is 4.74 Å². The Morgan fingerprint density at radius 1 is 0.909 bits per heavy atom. The molecule has 0 heterocycles. The van der Waals surface area contributed by atoms with Gasteiger partial charge in [-0.05, 0) is 68.7 Å². The summed E-state index contributed by atoms with van der Waals surface area (Å²) in [5.41, 5.74) is 0. The molecule has 0 saturated heterocycles. The number of ether oxygens (including phenoxy) is 1. The smallest absolute Gasteiger partial charge is 0.237 e. The second-order valence-electron chi connectivity index (χ2n) is 7.51. The molecule has 4 heteroatoms. The van der Waals surface area contributed by atoms with Crippen molar-refractivity contribution in [2.45, 2.75) is 89.7 Å². The third kappa shape index (κ3) is 6.71. The lowest BCUT2D eigenvalue weighted by Crippen LogP contribution is -2.28. The zero-order valence-corrected chi connectivity index (χ0v) is 16.9. The van der Waals surface area contributed by atoms with Crippen molar-refractivity contribution in [1.82, 2.24) is 0 Å². The molecule has 0 bridgehead atoms. The van der Waals surface area contributed by atoms with Crippen LogP contribution in [0.15, 0.2) is 0 Å². The van der Waals surface area contributed by atoms with E-state index in [1.54, 1.807) is 0 Å². The Hall–Kier alpha value is 0.757. The van der Waals surface area contributed by atoms with Crippen LogP contribution in [0.2, 0.25) is 6.04 Å². The molecule has 2 aliphatic rings. The predicted octanol–water partition coefficient (Wildman–Crippen LogP) is 6.26. The molecule has 2 fully saturated rings. The maximum atomic E-state index is 6.02. The molecule has 0 radical (unpaired) electrons. The van der Waals surface area contributed by atoms with E-state index >= 15 is 0 Å². The van der Waals surface area contributed by atoms with Crippen LogP contribution in [0.3, 0.4) is 0 Å². The SMILES string of the molecule is CCCC1CCC(C2CCC(OCCC[SiH](Cl)Cl)CC2)CC1. The van der Waals surface area contributed by atoms with Gasteiger partial charge in [0.05, 0.1) is 6.10 Å². The van der Waals surface area contributed by atoms with Crippen molar-refractivity contribution < 1.29 is 4.74 Å². The Morgan fingerprint density at radius 3 is 2.05 bits per heavy atom. The van der Waals surface area contributed by atoms with Gasteiger partial charge in [0, 0.05) is 6.61 Å². The van der Waals surface area contributed by atoms with E-state index in [1.165, 1.54) is 64.2 Å². The van der Waals surface area contributed by atoms with Crippen molar-refractivity contribution in [1.29, 1.82) is 0 Å². The summed E-state index contributed by atoms with van der Waals surface area (Å²) in [5.74, 6) is 3.05. The van der Waals surface area contributed by atoms with Crippen molar-refractivity contribution in [3.05, 3.63) is 0 Å². The lowest BCUT2D eigenvalue weighted by atomic mass is 9.70. The largest absolute Gasteiger partial charge is 0.378 e. The van der Waals surface area contributed by atoms with Gasteiger partial charge in [0.15, 0.2) is 0 Å². The molecule has 0 amide bonds. The molecular formula is C18H34Cl2OSi. The fraction of sp³-hybridized carbons (Fsp3) is 1.00. The minimum absolute atomic E-state index is 0.512. The topological polar surface area (TPSA) is 9.23 Å². The van der Waals surface area contributed by atoms with Crippen LogP contribution in [-0.4, -0.2) is 20.1 Å². The Labute approximate surface area is 148 Å². The average Bonchev–Trinajstić information content (AvgIpc) is 2.53. The molecule has 0 aromatic rings. The van der Waals surface area contributed by atoms with Crippen molar-refractivity contribution in [3.63, 3.8) is 0 Å². The van der Waals surface area contributed by atoms with Crippen molar-refractivity contribution >= 4 is 29.6 Å². The quantitative estimate of drug-likeness (QED) is 0.280. The third-order valence-electron chi connectivity index (χ3n) is 5.89. The zero-order valence-electron chi connectivity index (χ0n) is 14.2. The van der Waals surface area contributed by atoms with Crippen molar-refractivity contribution in [2.75, 3.05) is 6.61 Å². The first-order valence-corrected chi connectivity index (χ1v) is 13.9. The second kappa shape index (κ2) is 10.6. The normalized spacial score (nSPS) is 33.3. The fourth-order valence-electron chi connectivity index (χ4n) is 4.57. The highest BCUT2D eigenvalue weighted by molar-refractivity contribution is 7.33. The van der Waals surface area contributed by atoms with Gasteiger partial charge in [-0.3, -0.25) is 0 Å². The van der Waals surface area contributed by atoms with Crippen LogP contribution in [-0.2, 0) is 4.74 Å². The van der Waals surface area contributed by atoms with E-state index in [4.69, 9.17) is 26.9 Å². The first-order valence-electron chi connectivity index (χ1n) is 9.58. The minimum atomic E-state index is -1.42. The summed E-state index contributed by atoms with van der Waals surface area (Å²) in [7, 11) is -1.42. The van der Waals surface area contributed by atoms with Crippen LogP contribution in [0.25, 0.3) is 0 Å². The van der Waals surface area contributed by atoms with Crippen molar-refractivity contribution in [2.24, 2.45) is 17.8 Å². The summed E-state index contributed by atoms with van der Waals surface area (Å²) in [6.45, 7) is 3.19. The highest BCUT2D eigenvalue weighted by Gasteiger charge is 2.30. The summed E-state index contributed by atoms with van der Waals surface area (Å²) < 4.78 is 6.02. The molecular weight excluding hydrogens is 331 g/mol. The average molecular weight is 365 g/mol. The lowest BCUT2D eigenvalue weighted by Gasteiger charge is -2.37. The van der Waals surface area contributed by atoms with Gasteiger partial charge in [0.25, 0.3) is 0 Å². The summed E-state index contributed by atoms with van der Waals surface area (Å²) in [6, 6.07) is 0.986. The zero-order chi connectivity index (χ0) is 15.8. The van der Waals surface area contributed by atoms with Crippen LogP contribution in [0.5, 0.6) is 0 Å². The highest BCUT2D eigenvalue weighted by Crippen LogP contribution is 2.41. The van der Waals surface area contributed by atoms with E-state index < -0.39 is 7.42 Å². The molecule has 0 aromatic carbocycles. The number of hydrogen-bond acceptors (Lipinski definition) is 1. The van der Waals surface area contributed by atoms with Crippen LogP contribution >= 0.6 is 22.2 Å². The Bertz CT molecular complexity index is 285. The maximum Gasteiger partial charge on any atom is 0.237 e. The number of hydrogen-bond donors (Lipinski definition) is 0. The van der Waals surface area contributed by atoms with E-state index in [0.29, 0.717) is 6.10 Å². The molecule has 0 spiro atoms. The lowest BCUT2D eigenvalue weighted by molar-refractivity contribution is 0.00730. The van der Waals surface area contributed by atoms with Gasteiger partial charge in [-0.2, -0.15) is 22.2 Å². The molecule has 0 N–H and O–H groups in total. The Kier molecular flexibility index (Phi) is 9.18. The monoisotopic (exact) mass is 364 g/mol. The molecule has 22 heavy (non-hydrogen) atoms. The van der Waals surface area contributed by atoms with Crippen LogP contribution in [0.4, 0.5) is 0 Å². The Balaban J connectivity index is 1.57. The maximum absolute atomic E-state index is 6.02. The van der Waals surface area contributed by atoms with Gasteiger partial charge in [-0.1, -0.05) is 32.6 Å². The van der Waals surface area contributed by atoms with E-state index in [-0.39, 0.29) is 0 Å². The third-order valence-corrected chi connectivity index (χ3v) is 8.05. The molecule has 2 saturated carbocycles. The van der Waals surface area contributed by atoms with Gasteiger partial charge in [-0.25, -0.2) is 0 Å². The molecule has 2 rings (SSSR count). The Morgan fingerprint density at radius 2 is 1.50 bits per heavy atom. The van der Waals surface area contributed by atoms with Crippen molar-refractivity contribution in [3.8, 4) is 0 Å². The van der Waals surface area contributed by atoms with Gasteiger partial charge in [0.1, 0.15) is 0 Å². The number of halogens is 2. The van der Waals surface area contributed by atoms with E-state index in [1.807, 2.05) is 0 Å². The summed E-state index contributed by atoms with van der Waals surface area (Å²) >= 11 is 11.8.